The number of imide groups is 1. The van der Waals surface area contributed by atoms with Gasteiger partial charge in [-0.3, -0.25) is 19.8 Å². The van der Waals surface area contributed by atoms with Crippen molar-refractivity contribution in [2.24, 2.45) is 5.92 Å². The molecule has 3 amide bonds. The lowest BCUT2D eigenvalue weighted by Crippen LogP contribution is -2.50. The van der Waals surface area contributed by atoms with Gasteiger partial charge in [0.25, 0.3) is 0 Å². The zero-order chi connectivity index (χ0) is 15.8. The number of hydrogen-bond acceptors (Lipinski definition) is 5. The second-order valence-corrected chi connectivity index (χ2v) is 6.60. The van der Waals surface area contributed by atoms with Gasteiger partial charge in [0.15, 0.2) is 0 Å². The van der Waals surface area contributed by atoms with E-state index >= 15 is 0 Å². The highest BCUT2D eigenvalue weighted by Crippen LogP contribution is 2.18. The molecule has 1 heterocycles. The molecule has 1 saturated heterocycles. The van der Waals surface area contributed by atoms with Gasteiger partial charge < -0.3 is 10.4 Å². The third kappa shape index (κ3) is 7.33. The zero-order valence-electron chi connectivity index (χ0n) is 12.4. The van der Waals surface area contributed by atoms with E-state index < -0.39 is 17.9 Å². The Morgan fingerprint density at radius 1 is 1.38 bits per heavy atom. The largest absolute Gasteiger partial charge is 0.481 e. The summed E-state index contributed by atoms with van der Waals surface area (Å²) in [5, 5.41) is 13.8. The van der Waals surface area contributed by atoms with Crippen molar-refractivity contribution < 1.29 is 19.5 Å². The Labute approximate surface area is 128 Å². The predicted octanol–water partition coefficient (Wildman–Crippen LogP) is 0.360. The Morgan fingerprint density at radius 3 is 2.71 bits per heavy atom. The van der Waals surface area contributed by atoms with E-state index in [1.165, 1.54) is 0 Å². The molecule has 0 aromatic rings. The van der Waals surface area contributed by atoms with Gasteiger partial charge in [-0.25, -0.2) is 4.79 Å². The topological polar surface area (TPSA) is 98.7 Å². The fraction of sp³-hybridized carbons (Fsp3) is 0.769. The van der Waals surface area contributed by atoms with Crippen molar-refractivity contribution in [3.05, 3.63) is 0 Å². The molecule has 1 aliphatic heterocycles. The van der Waals surface area contributed by atoms with Gasteiger partial charge in [-0.15, -0.1) is 0 Å². The van der Waals surface area contributed by atoms with Gasteiger partial charge in [-0.05, 0) is 5.92 Å². The second kappa shape index (κ2) is 8.89. The van der Waals surface area contributed by atoms with Crippen LogP contribution in [0.4, 0.5) is 4.79 Å². The first-order chi connectivity index (χ1) is 9.88. The summed E-state index contributed by atoms with van der Waals surface area (Å²) in [6.45, 7) is 5.13. The normalized spacial score (nSPS) is 19.3. The lowest BCUT2D eigenvalue weighted by Gasteiger charge is -2.33. The maximum absolute atomic E-state index is 11.8. The summed E-state index contributed by atoms with van der Waals surface area (Å²) in [6, 6.07) is -0.666. The highest BCUT2D eigenvalue weighted by molar-refractivity contribution is 7.99. The Hall–Kier alpha value is -1.28. The van der Waals surface area contributed by atoms with Gasteiger partial charge in [0.05, 0.1) is 13.0 Å². The summed E-state index contributed by atoms with van der Waals surface area (Å²) in [7, 11) is 0. The predicted molar refractivity (Wildman–Crippen MR) is 81.3 cm³/mol. The molecule has 1 unspecified atom stereocenters. The molecular formula is C13H23N3O4S. The Morgan fingerprint density at radius 2 is 2.10 bits per heavy atom. The highest BCUT2D eigenvalue weighted by atomic mass is 32.2. The van der Waals surface area contributed by atoms with Gasteiger partial charge in [0, 0.05) is 30.6 Å². The minimum absolute atomic E-state index is 0.0137. The third-order valence-electron chi connectivity index (χ3n) is 3.03. The molecule has 0 aromatic carbocycles. The molecule has 0 aliphatic carbocycles. The number of carboxylic acids is 1. The molecule has 1 fully saturated rings. The fourth-order valence-electron chi connectivity index (χ4n) is 1.98. The number of urea groups is 1. The summed E-state index contributed by atoms with van der Waals surface area (Å²) < 4.78 is 0. The van der Waals surface area contributed by atoms with Crippen molar-refractivity contribution in [1.82, 2.24) is 15.5 Å². The average Bonchev–Trinajstić information content (AvgIpc) is 2.38. The number of nitrogens with one attached hydrogen (secondary N) is 2. The molecule has 8 heteroatoms. The van der Waals surface area contributed by atoms with Crippen LogP contribution in [0.25, 0.3) is 0 Å². The van der Waals surface area contributed by atoms with Crippen LogP contribution in [0, 0.1) is 5.92 Å². The Balaban J connectivity index is 2.40. The van der Waals surface area contributed by atoms with Crippen LogP contribution >= 0.6 is 11.8 Å². The molecule has 3 N–H and O–H groups in total. The second-order valence-electron chi connectivity index (χ2n) is 5.45. The van der Waals surface area contributed by atoms with E-state index in [-0.39, 0.29) is 19.0 Å². The number of amides is 3. The SMILES string of the molecule is CC(C)CNC(=O)NC(=O)CN1CCSCC1CC(=O)O. The van der Waals surface area contributed by atoms with Crippen LogP contribution in [-0.4, -0.2) is 65.1 Å². The van der Waals surface area contributed by atoms with Crippen molar-refractivity contribution in [2.45, 2.75) is 26.3 Å². The van der Waals surface area contributed by atoms with Crippen LogP contribution in [0.2, 0.25) is 0 Å². The molecule has 120 valence electrons. The van der Waals surface area contributed by atoms with Crippen molar-refractivity contribution in [2.75, 3.05) is 31.1 Å². The maximum Gasteiger partial charge on any atom is 0.321 e. The summed E-state index contributed by atoms with van der Waals surface area (Å²) in [5.41, 5.74) is 0. The molecule has 0 saturated carbocycles. The van der Waals surface area contributed by atoms with E-state index in [2.05, 4.69) is 10.6 Å². The average molecular weight is 317 g/mol. The lowest BCUT2D eigenvalue weighted by atomic mass is 10.2. The van der Waals surface area contributed by atoms with Crippen LogP contribution in [0.5, 0.6) is 0 Å². The summed E-state index contributed by atoms with van der Waals surface area (Å²) in [4.78, 5) is 36.0. The molecule has 0 spiro atoms. The number of carboxylic acid groups (broad SMARTS) is 1. The van der Waals surface area contributed by atoms with Gasteiger partial charge in [-0.2, -0.15) is 11.8 Å². The lowest BCUT2D eigenvalue weighted by molar-refractivity contribution is -0.138. The van der Waals surface area contributed by atoms with Crippen LogP contribution in [0.15, 0.2) is 0 Å². The van der Waals surface area contributed by atoms with Crippen LogP contribution < -0.4 is 10.6 Å². The van der Waals surface area contributed by atoms with Crippen molar-refractivity contribution in [3.8, 4) is 0 Å². The maximum atomic E-state index is 11.8. The van der Waals surface area contributed by atoms with Crippen LogP contribution in [-0.2, 0) is 9.59 Å². The number of nitrogens with zero attached hydrogens (tertiary/aromatic N) is 1. The monoisotopic (exact) mass is 317 g/mol. The molecule has 0 bridgehead atoms. The number of thioether (sulfide) groups is 1. The third-order valence-corrected chi connectivity index (χ3v) is 4.12. The van der Waals surface area contributed by atoms with Crippen molar-refractivity contribution in [3.63, 3.8) is 0 Å². The van der Waals surface area contributed by atoms with E-state index in [9.17, 15) is 14.4 Å². The molecule has 0 radical (unpaired) electrons. The smallest absolute Gasteiger partial charge is 0.321 e. The summed E-state index contributed by atoms with van der Waals surface area (Å²) in [5.74, 6) is 0.591. The molecule has 1 aliphatic rings. The number of carbonyl (C=O) groups excluding carboxylic acids is 2. The minimum atomic E-state index is -0.873. The standard InChI is InChI=1S/C13H23N3O4S/c1-9(2)6-14-13(20)15-11(17)7-16-3-4-21-8-10(16)5-12(18)19/h9-10H,3-8H2,1-2H3,(H,18,19)(H2,14,15,17,20). The molecule has 7 nitrogen and oxygen atoms in total. The summed E-state index contributed by atoms with van der Waals surface area (Å²) in [6.07, 6.45) is 0.0137. The molecule has 1 atom stereocenters. The van der Waals surface area contributed by atoms with Crippen molar-refractivity contribution >= 4 is 29.7 Å². The molecular weight excluding hydrogens is 294 g/mol. The quantitative estimate of drug-likeness (QED) is 0.654. The zero-order valence-corrected chi connectivity index (χ0v) is 13.2. The molecule has 1 rings (SSSR count). The van der Waals surface area contributed by atoms with E-state index in [1.54, 1.807) is 11.8 Å². The first-order valence-corrected chi connectivity index (χ1v) is 8.15. The number of hydrogen-bond donors (Lipinski definition) is 3. The highest BCUT2D eigenvalue weighted by Gasteiger charge is 2.26. The Kier molecular flexibility index (Phi) is 7.52. The first-order valence-electron chi connectivity index (χ1n) is 6.99. The number of aliphatic carboxylic acids is 1. The minimum Gasteiger partial charge on any atom is -0.481 e. The number of carbonyl (C=O) groups is 3. The van der Waals surface area contributed by atoms with Gasteiger partial charge in [0.1, 0.15) is 0 Å². The van der Waals surface area contributed by atoms with E-state index in [0.29, 0.717) is 24.8 Å². The summed E-state index contributed by atoms with van der Waals surface area (Å²) >= 11 is 1.69. The first kappa shape index (κ1) is 17.8. The van der Waals surface area contributed by atoms with Gasteiger partial charge in [0.2, 0.25) is 5.91 Å². The molecule has 21 heavy (non-hydrogen) atoms. The van der Waals surface area contributed by atoms with Crippen LogP contribution in [0.1, 0.15) is 20.3 Å². The van der Waals surface area contributed by atoms with Gasteiger partial charge >= 0.3 is 12.0 Å². The fourth-order valence-corrected chi connectivity index (χ4v) is 3.11. The van der Waals surface area contributed by atoms with E-state index in [4.69, 9.17) is 5.11 Å². The molecule has 0 aromatic heterocycles. The van der Waals surface area contributed by atoms with E-state index in [1.807, 2.05) is 18.7 Å². The van der Waals surface area contributed by atoms with Gasteiger partial charge in [-0.1, -0.05) is 13.8 Å². The Bertz CT molecular complexity index is 390. The van der Waals surface area contributed by atoms with E-state index in [0.717, 1.165) is 5.75 Å². The van der Waals surface area contributed by atoms with Crippen LogP contribution in [0.3, 0.4) is 0 Å². The van der Waals surface area contributed by atoms with Crippen molar-refractivity contribution in [1.29, 1.82) is 0 Å². The number of rotatable bonds is 6.